The molecular formula is C25H25F2NO5S. The van der Waals surface area contributed by atoms with Crippen LogP contribution < -0.4 is 8.92 Å². The van der Waals surface area contributed by atoms with E-state index in [-0.39, 0.29) is 40.5 Å². The summed E-state index contributed by atoms with van der Waals surface area (Å²) in [5, 5.41) is 0. The number of halogens is 2. The topological polar surface area (TPSA) is 72.9 Å². The highest BCUT2D eigenvalue weighted by atomic mass is 32.2. The molecule has 9 heteroatoms. The van der Waals surface area contributed by atoms with Crippen LogP contribution in [0, 0.1) is 11.6 Å². The van der Waals surface area contributed by atoms with E-state index in [2.05, 4.69) is 0 Å². The predicted molar refractivity (Wildman–Crippen MR) is 123 cm³/mol. The molecule has 0 aliphatic carbocycles. The maximum absolute atomic E-state index is 13.7. The number of rotatable bonds is 9. The average molecular weight is 490 g/mol. The molecule has 3 rings (SSSR count). The van der Waals surface area contributed by atoms with Gasteiger partial charge in [-0.25, -0.2) is 8.78 Å². The van der Waals surface area contributed by atoms with E-state index in [1.807, 2.05) is 13.8 Å². The Labute approximate surface area is 197 Å². The SMILES string of the molecule is CCC(C)N(Cc1ccc(OC)c(OS(=O)(=O)c2ccc(F)cc2)c1)C(=O)c1cccc(F)c1. The normalized spacial score (nSPS) is 12.1. The summed E-state index contributed by atoms with van der Waals surface area (Å²) < 4.78 is 62.8. The molecule has 0 bridgehead atoms. The number of ether oxygens (including phenoxy) is 1. The van der Waals surface area contributed by atoms with Crippen molar-refractivity contribution in [1.29, 1.82) is 0 Å². The molecule has 0 radical (unpaired) electrons. The van der Waals surface area contributed by atoms with Crippen molar-refractivity contribution in [2.75, 3.05) is 7.11 Å². The third-order valence-corrected chi connectivity index (χ3v) is 6.59. The lowest BCUT2D eigenvalue weighted by atomic mass is 10.1. The average Bonchev–Trinajstić information content (AvgIpc) is 2.82. The lowest BCUT2D eigenvalue weighted by molar-refractivity contribution is 0.0671. The lowest BCUT2D eigenvalue weighted by Crippen LogP contribution is -2.37. The fourth-order valence-corrected chi connectivity index (χ4v) is 4.22. The summed E-state index contributed by atoms with van der Waals surface area (Å²) in [6, 6.07) is 14.2. The minimum absolute atomic E-state index is 0.0772. The third kappa shape index (κ3) is 5.91. The number of carbonyl (C=O) groups excluding carboxylic acids is 1. The number of carbonyl (C=O) groups is 1. The second-order valence-corrected chi connectivity index (χ2v) is 9.22. The monoisotopic (exact) mass is 489 g/mol. The van der Waals surface area contributed by atoms with Crippen LogP contribution in [0.5, 0.6) is 11.5 Å². The first-order valence-electron chi connectivity index (χ1n) is 10.6. The number of amides is 1. The third-order valence-electron chi connectivity index (χ3n) is 5.34. The van der Waals surface area contributed by atoms with E-state index in [0.717, 1.165) is 24.3 Å². The Bertz CT molecular complexity index is 1260. The Morgan fingerprint density at radius 3 is 2.29 bits per heavy atom. The molecule has 0 fully saturated rings. The maximum Gasteiger partial charge on any atom is 0.339 e. The van der Waals surface area contributed by atoms with Crippen LogP contribution in [0.1, 0.15) is 36.2 Å². The molecule has 0 N–H and O–H groups in total. The molecule has 1 atom stereocenters. The van der Waals surface area contributed by atoms with Gasteiger partial charge in [0, 0.05) is 18.2 Å². The van der Waals surface area contributed by atoms with Crippen LogP contribution in [0.25, 0.3) is 0 Å². The molecule has 0 aromatic heterocycles. The standard InChI is InChI=1S/C25H25F2NO5S/c1-4-17(2)28(25(29)19-6-5-7-21(27)15-19)16-18-8-13-23(32-3)24(14-18)33-34(30,31)22-11-9-20(26)10-12-22/h5-15,17H,4,16H2,1-3H3. The molecule has 0 saturated heterocycles. The van der Waals surface area contributed by atoms with Crippen molar-refractivity contribution in [3.8, 4) is 11.5 Å². The first-order valence-corrected chi connectivity index (χ1v) is 12.0. The molecule has 0 aliphatic heterocycles. The van der Waals surface area contributed by atoms with Crippen molar-refractivity contribution in [2.24, 2.45) is 0 Å². The molecule has 0 heterocycles. The Kier molecular flexibility index (Phi) is 7.88. The van der Waals surface area contributed by atoms with Crippen molar-refractivity contribution in [3.05, 3.63) is 89.5 Å². The summed E-state index contributed by atoms with van der Waals surface area (Å²) in [6.07, 6.45) is 0.652. The van der Waals surface area contributed by atoms with Crippen LogP contribution in [0.15, 0.2) is 71.6 Å². The van der Waals surface area contributed by atoms with E-state index < -0.39 is 21.8 Å². The van der Waals surface area contributed by atoms with Crippen LogP contribution in [-0.2, 0) is 16.7 Å². The van der Waals surface area contributed by atoms with Crippen molar-refractivity contribution in [2.45, 2.75) is 37.8 Å². The molecule has 0 aliphatic rings. The summed E-state index contributed by atoms with van der Waals surface area (Å²) in [5.74, 6) is -1.36. The summed E-state index contributed by atoms with van der Waals surface area (Å²) in [7, 11) is -2.90. The molecular weight excluding hydrogens is 464 g/mol. The van der Waals surface area contributed by atoms with Gasteiger partial charge < -0.3 is 13.8 Å². The van der Waals surface area contributed by atoms with Crippen LogP contribution in [0.4, 0.5) is 8.78 Å². The zero-order valence-electron chi connectivity index (χ0n) is 19.0. The van der Waals surface area contributed by atoms with E-state index in [4.69, 9.17) is 8.92 Å². The highest BCUT2D eigenvalue weighted by Crippen LogP contribution is 2.32. The second kappa shape index (κ2) is 10.6. The Hall–Kier alpha value is -3.46. The summed E-state index contributed by atoms with van der Waals surface area (Å²) >= 11 is 0. The van der Waals surface area contributed by atoms with Gasteiger partial charge in [0.25, 0.3) is 5.91 Å². The van der Waals surface area contributed by atoms with Crippen molar-refractivity contribution in [3.63, 3.8) is 0 Å². The molecule has 34 heavy (non-hydrogen) atoms. The molecule has 180 valence electrons. The molecule has 0 saturated carbocycles. The Morgan fingerprint density at radius 2 is 1.68 bits per heavy atom. The minimum atomic E-state index is -4.26. The van der Waals surface area contributed by atoms with E-state index in [0.29, 0.717) is 12.0 Å². The zero-order valence-corrected chi connectivity index (χ0v) is 19.8. The molecule has 0 spiro atoms. The summed E-state index contributed by atoms with van der Waals surface area (Å²) in [6.45, 7) is 3.92. The van der Waals surface area contributed by atoms with Crippen molar-refractivity contribution >= 4 is 16.0 Å². The zero-order chi connectivity index (χ0) is 24.9. The number of nitrogens with zero attached hydrogens (tertiary/aromatic N) is 1. The number of benzene rings is 3. The van der Waals surface area contributed by atoms with Crippen molar-refractivity contribution in [1.82, 2.24) is 4.90 Å². The molecule has 3 aromatic carbocycles. The van der Waals surface area contributed by atoms with Gasteiger partial charge in [-0.2, -0.15) is 8.42 Å². The second-order valence-electron chi connectivity index (χ2n) is 7.68. The number of hydrogen-bond donors (Lipinski definition) is 0. The summed E-state index contributed by atoms with van der Waals surface area (Å²) in [4.78, 5) is 14.5. The smallest absolute Gasteiger partial charge is 0.339 e. The van der Waals surface area contributed by atoms with Crippen LogP contribution in [-0.4, -0.2) is 32.4 Å². The van der Waals surface area contributed by atoms with E-state index >= 15 is 0 Å². The fraction of sp³-hybridized carbons (Fsp3) is 0.240. The van der Waals surface area contributed by atoms with Gasteiger partial charge in [0.15, 0.2) is 11.5 Å². The van der Waals surface area contributed by atoms with Gasteiger partial charge >= 0.3 is 10.1 Å². The van der Waals surface area contributed by atoms with Crippen molar-refractivity contribution < 1.29 is 30.9 Å². The molecule has 1 unspecified atom stereocenters. The first kappa shape index (κ1) is 25.2. The van der Waals surface area contributed by atoms with Crippen LogP contribution >= 0.6 is 0 Å². The van der Waals surface area contributed by atoms with Crippen LogP contribution in [0.3, 0.4) is 0 Å². The van der Waals surface area contributed by atoms with E-state index in [9.17, 15) is 22.0 Å². The maximum atomic E-state index is 13.7. The molecule has 1 amide bonds. The quantitative estimate of drug-likeness (QED) is 0.387. The van der Waals surface area contributed by atoms with Gasteiger partial charge in [0.2, 0.25) is 0 Å². The largest absolute Gasteiger partial charge is 0.493 e. The highest BCUT2D eigenvalue weighted by molar-refractivity contribution is 7.87. The van der Waals surface area contributed by atoms with Gasteiger partial charge in [-0.05, 0) is 73.5 Å². The van der Waals surface area contributed by atoms with Gasteiger partial charge in [-0.15, -0.1) is 0 Å². The molecule has 6 nitrogen and oxygen atoms in total. The van der Waals surface area contributed by atoms with E-state index in [1.165, 1.54) is 37.4 Å². The summed E-state index contributed by atoms with van der Waals surface area (Å²) in [5.41, 5.74) is 0.791. The fourth-order valence-electron chi connectivity index (χ4n) is 3.28. The van der Waals surface area contributed by atoms with Crippen LogP contribution in [0.2, 0.25) is 0 Å². The predicted octanol–water partition coefficient (Wildman–Crippen LogP) is 5.18. The molecule has 3 aromatic rings. The van der Waals surface area contributed by atoms with Gasteiger partial charge in [0.1, 0.15) is 16.5 Å². The number of hydrogen-bond acceptors (Lipinski definition) is 5. The van der Waals surface area contributed by atoms with Gasteiger partial charge in [-0.1, -0.05) is 19.1 Å². The lowest BCUT2D eigenvalue weighted by Gasteiger charge is -2.29. The minimum Gasteiger partial charge on any atom is -0.493 e. The van der Waals surface area contributed by atoms with Gasteiger partial charge in [-0.3, -0.25) is 4.79 Å². The Balaban J connectivity index is 1.92. The number of methoxy groups -OCH3 is 1. The first-order chi connectivity index (χ1) is 16.1. The highest BCUT2D eigenvalue weighted by Gasteiger charge is 2.23. The Morgan fingerprint density at radius 1 is 0.971 bits per heavy atom. The van der Waals surface area contributed by atoms with Gasteiger partial charge in [0.05, 0.1) is 7.11 Å². The van der Waals surface area contributed by atoms with E-state index in [1.54, 1.807) is 17.0 Å².